The lowest BCUT2D eigenvalue weighted by Crippen LogP contribution is -2.74. The van der Waals surface area contributed by atoms with Crippen molar-refractivity contribution in [3.05, 3.63) is 157 Å². The maximum atomic E-state index is 7.17. The minimum Gasteiger partial charge on any atom is -0.455 e. The Morgan fingerprint density at radius 3 is 1.31 bits per heavy atom. The minimum atomic E-state index is -0.770. The highest BCUT2D eigenvalue weighted by atomic mass is 32.1. The normalized spacial score (nSPS) is 14.8. The number of para-hydroxylation sites is 2. The van der Waals surface area contributed by atoms with Crippen molar-refractivity contribution in [2.45, 2.75) is 5.66 Å². The van der Waals surface area contributed by atoms with Crippen LogP contribution in [-0.4, -0.2) is 9.03 Å². The number of benzene rings is 8. The monoisotopic (exact) mass is 772 g/mol. The summed E-state index contributed by atoms with van der Waals surface area (Å²) in [6.45, 7) is 0. The van der Waals surface area contributed by atoms with E-state index in [0.717, 1.165) is 11.5 Å². The van der Waals surface area contributed by atoms with E-state index in [1.165, 1.54) is 128 Å². The summed E-state index contributed by atoms with van der Waals surface area (Å²) in [5, 5.41) is 15.4. The van der Waals surface area contributed by atoms with Gasteiger partial charge < -0.3 is 4.74 Å². The molecular formula is C51H24N4OS2+2. The Kier molecular flexibility index (Phi) is 4.35. The minimum absolute atomic E-state index is 0.770. The molecule has 9 heterocycles. The van der Waals surface area contributed by atoms with E-state index in [1.807, 2.05) is 22.7 Å². The van der Waals surface area contributed by atoms with Crippen molar-refractivity contribution in [1.82, 2.24) is 9.03 Å². The van der Waals surface area contributed by atoms with E-state index in [4.69, 9.17) is 4.74 Å². The van der Waals surface area contributed by atoms with Crippen LogP contribution in [0.2, 0.25) is 0 Å². The second kappa shape index (κ2) is 8.90. The number of fused-ring (bicyclic) bond motifs is 18. The van der Waals surface area contributed by atoms with Crippen LogP contribution < -0.4 is 14.1 Å². The van der Waals surface area contributed by atoms with Gasteiger partial charge in [-0.2, -0.15) is 0 Å². The lowest BCUT2D eigenvalue weighted by atomic mass is 9.84. The molecule has 6 aromatic heterocycles. The predicted octanol–water partition coefficient (Wildman–Crippen LogP) is 12.5. The number of aromatic nitrogens is 4. The van der Waals surface area contributed by atoms with Gasteiger partial charge in [0, 0.05) is 74.0 Å². The molecule has 264 valence electrons. The molecule has 3 aliphatic heterocycles. The number of rotatable bonds is 0. The van der Waals surface area contributed by atoms with Crippen molar-refractivity contribution in [2.75, 3.05) is 0 Å². The second-order valence-electron chi connectivity index (χ2n) is 16.4. The van der Waals surface area contributed by atoms with Gasteiger partial charge in [0.15, 0.2) is 11.1 Å². The van der Waals surface area contributed by atoms with Gasteiger partial charge in [-0.3, -0.25) is 0 Å². The molecule has 14 aromatic rings. The predicted molar refractivity (Wildman–Crippen MR) is 238 cm³/mol. The van der Waals surface area contributed by atoms with Crippen molar-refractivity contribution in [2.24, 2.45) is 0 Å². The second-order valence-corrected chi connectivity index (χ2v) is 18.6. The van der Waals surface area contributed by atoms with Crippen LogP contribution in [0.15, 0.2) is 146 Å². The topological polar surface area (TPSA) is 25.8 Å². The maximum Gasteiger partial charge on any atom is 0.470 e. The van der Waals surface area contributed by atoms with Crippen LogP contribution in [0.1, 0.15) is 11.1 Å². The molecule has 8 aromatic carbocycles. The Labute approximate surface area is 334 Å². The molecule has 0 saturated carbocycles. The average Bonchev–Trinajstić information content (AvgIpc) is 4.10. The van der Waals surface area contributed by atoms with Crippen LogP contribution >= 0.6 is 22.7 Å². The molecular weight excluding hydrogens is 749 g/mol. The molecule has 0 unspecified atom stereocenters. The molecule has 0 bridgehead atoms. The molecule has 1 spiro atoms. The Balaban J connectivity index is 1.15. The van der Waals surface area contributed by atoms with Gasteiger partial charge in [-0.1, -0.05) is 60.7 Å². The standard InChI is InChI=1S/C51H24N4OS2/c1-5-13-37-29(11-1)47-35-23-43-33(25-9-3-7-15-41(25)57-43)21-31(35)27-17-19-39-45-49(27)52(47)54(37)51(45)46-40(56-39)20-18-28-32-22-34-26-10-4-8-16-42(26)58-44(34)24-36(32)48-30-12-2-6-14-38(30)55(51)53(48)50(28)46/h1-24H/q+2. The van der Waals surface area contributed by atoms with Crippen LogP contribution in [0.3, 0.4) is 0 Å². The Morgan fingerprint density at radius 1 is 0.362 bits per heavy atom. The van der Waals surface area contributed by atoms with E-state index in [9.17, 15) is 0 Å². The molecule has 0 atom stereocenters. The molecule has 58 heavy (non-hydrogen) atoms. The summed E-state index contributed by atoms with van der Waals surface area (Å²) in [5.41, 5.74) is 8.98. The number of pyridine rings is 2. The van der Waals surface area contributed by atoms with Crippen LogP contribution in [0.5, 0.6) is 11.5 Å². The Hall–Kier alpha value is -7.06. The van der Waals surface area contributed by atoms with Crippen molar-refractivity contribution in [3.8, 4) is 11.5 Å². The van der Waals surface area contributed by atoms with Crippen molar-refractivity contribution in [1.29, 1.82) is 0 Å². The molecule has 5 nitrogen and oxygen atoms in total. The SMILES string of the molecule is c1ccc2c(c1)sc1cc3c(cc12)c1ccc2c4c1n1c3c3ccccc3[n+]1C41c3c(ccc4c5cc6c(cc5c5c7ccccc7[n+]1n5c34)sc1ccccc16)O2. The number of thiophene rings is 2. The summed E-state index contributed by atoms with van der Waals surface area (Å²) in [7, 11) is 0. The summed E-state index contributed by atoms with van der Waals surface area (Å²) in [4.78, 5) is 0. The zero-order valence-corrected chi connectivity index (χ0v) is 32.0. The van der Waals surface area contributed by atoms with Crippen LogP contribution in [0.4, 0.5) is 0 Å². The highest BCUT2D eigenvalue weighted by Gasteiger charge is 2.73. The van der Waals surface area contributed by atoms with E-state index in [-0.39, 0.29) is 0 Å². The first kappa shape index (κ1) is 28.4. The summed E-state index contributed by atoms with van der Waals surface area (Å²) in [5.74, 6) is 1.83. The van der Waals surface area contributed by atoms with Crippen LogP contribution in [-0.2, 0) is 5.66 Å². The number of ether oxygens (including phenoxy) is 1. The Bertz CT molecular complexity index is 4150. The van der Waals surface area contributed by atoms with E-state index < -0.39 is 5.66 Å². The zero-order chi connectivity index (χ0) is 36.9. The van der Waals surface area contributed by atoms with Gasteiger partial charge in [0.05, 0.1) is 10.8 Å². The fourth-order valence-corrected chi connectivity index (χ4v) is 14.2. The molecule has 7 heteroatoms. The van der Waals surface area contributed by atoms with E-state index in [1.54, 1.807) is 0 Å². The summed E-state index contributed by atoms with van der Waals surface area (Å²) >= 11 is 3.78. The van der Waals surface area contributed by atoms with E-state index in [2.05, 4.69) is 164 Å². The quantitative estimate of drug-likeness (QED) is 0.111. The van der Waals surface area contributed by atoms with Crippen LogP contribution in [0, 0.1) is 0 Å². The number of nitrogens with zero attached hydrogens (tertiary/aromatic N) is 4. The van der Waals surface area contributed by atoms with Crippen molar-refractivity contribution in [3.63, 3.8) is 0 Å². The summed E-state index contributed by atoms with van der Waals surface area (Å²) < 4.78 is 22.9. The lowest BCUT2D eigenvalue weighted by molar-refractivity contribution is -0.992. The molecule has 0 amide bonds. The fraction of sp³-hybridized carbons (Fsp3) is 0.0196. The van der Waals surface area contributed by atoms with Crippen molar-refractivity contribution < 1.29 is 14.1 Å². The third kappa shape index (κ3) is 2.73. The van der Waals surface area contributed by atoms with E-state index >= 15 is 0 Å². The molecule has 3 aliphatic rings. The van der Waals surface area contributed by atoms with Gasteiger partial charge in [0.1, 0.15) is 33.6 Å². The smallest absolute Gasteiger partial charge is 0.455 e. The van der Waals surface area contributed by atoms with Gasteiger partial charge in [0.25, 0.3) is 0 Å². The number of hydrogen-bond acceptors (Lipinski definition) is 3. The average molecular weight is 773 g/mol. The first-order chi connectivity index (χ1) is 28.8. The highest BCUT2D eigenvalue weighted by molar-refractivity contribution is 7.26. The molecule has 0 saturated heterocycles. The lowest BCUT2D eigenvalue weighted by Gasteiger charge is -2.24. The van der Waals surface area contributed by atoms with Gasteiger partial charge in [0.2, 0.25) is 11.0 Å². The van der Waals surface area contributed by atoms with Gasteiger partial charge >= 0.3 is 5.66 Å². The highest BCUT2D eigenvalue weighted by Crippen LogP contribution is 2.58. The van der Waals surface area contributed by atoms with Gasteiger partial charge in [-0.15, -0.1) is 31.7 Å². The third-order valence-corrected chi connectivity index (χ3v) is 16.2. The van der Waals surface area contributed by atoms with Gasteiger partial charge in [-0.25, -0.2) is 0 Å². The fourth-order valence-electron chi connectivity index (χ4n) is 11.9. The third-order valence-electron chi connectivity index (χ3n) is 14.0. The van der Waals surface area contributed by atoms with E-state index in [0.29, 0.717) is 0 Å². The summed E-state index contributed by atoms with van der Waals surface area (Å²) in [6.07, 6.45) is 0. The van der Waals surface area contributed by atoms with Crippen LogP contribution in [0.25, 0.3) is 117 Å². The molecule has 17 rings (SSSR count). The first-order valence-electron chi connectivity index (χ1n) is 19.9. The first-order valence-corrected chi connectivity index (χ1v) is 21.5. The zero-order valence-electron chi connectivity index (χ0n) is 30.4. The maximum absolute atomic E-state index is 7.17. The Morgan fingerprint density at radius 2 is 0.810 bits per heavy atom. The van der Waals surface area contributed by atoms with Gasteiger partial charge in [-0.05, 0) is 92.9 Å². The van der Waals surface area contributed by atoms with Crippen molar-refractivity contribution >= 4 is 139 Å². The molecule has 0 radical (unpaired) electrons. The molecule has 0 N–H and O–H groups in total. The molecule has 0 aliphatic carbocycles. The number of hydrogen-bond donors (Lipinski definition) is 0. The largest absolute Gasteiger partial charge is 0.470 e. The molecule has 0 fully saturated rings. The summed E-state index contributed by atoms with van der Waals surface area (Å²) in [6, 6.07) is 54.9.